The van der Waals surface area contributed by atoms with Crippen molar-refractivity contribution in [3.63, 3.8) is 0 Å². The fourth-order valence-electron chi connectivity index (χ4n) is 2.52. The molecule has 27 heavy (non-hydrogen) atoms. The molecule has 1 heterocycles. The van der Waals surface area contributed by atoms with Crippen molar-refractivity contribution in [3.05, 3.63) is 30.3 Å². The molecule has 5 nitrogen and oxygen atoms in total. The van der Waals surface area contributed by atoms with Gasteiger partial charge in [0.15, 0.2) is 4.34 Å². The molecule has 1 fully saturated rings. The lowest BCUT2D eigenvalue weighted by Gasteiger charge is -2.17. The Labute approximate surface area is 168 Å². The highest BCUT2D eigenvalue weighted by molar-refractivity contribution is 8.01. The topological polar surface area (TPSA) is 71.1 Å². The van der Waals surface area contributed by atoms with Gasteiger partial charge in [-0.25, -0.2) is 4.98 Å². The van der Waals surface area contributed by atoms with E-state index in [0.717, 1.165) is 33.4 Å². The lowest BCUT2D eigenvalue weighted by Crippen LogP contribution is -2.26. The fraction of sp³-hybridized carbons (Fsp3) is 0.450. The highest BCUT2D eigenvalue weighted by atomic mass is 32.2. The van der Waals surface area contributed by atoms with Crippen molar-refractivity contribution in [1.82, 2.24) is 10.3 Å². The van der Waals surface area contributed by atoms with Gasteiger partial charge < -0.3 is 10.6 Å². The number of benzene rings is 1. The second-order valence-electron chi connectivity index (χ2n) is 7.94. The number of amides is 2. The Morgan fingerprint density at radius 3 is 2.52 bits per heavy atom. The zero-order valence-electron chi connectivity index (χ0n) is 15.9. The molecule has 0 spiro atoms. The molecule has 1 aromatic heterocycles. The van der Waals surface area contributed by atoms with Gasteiger partial charge in [0.1, 0.15) is 10.7 Å². The summed E-state index contributed by atoms with van der Waals surface area (Å²) in [4.78, 5) is 29.0. The Kier molecular flexibility index (Phi) is 6.22. The molecule has 2 aromatic rings. The van der Waals surface area contributed by atoms with Crippen molar-refractivity contribution in [2.24, 2.45) is 5.41 Å². The third-order valence-corrected chi connectivity index (χ3v) is 5.98. The summed E-state index contributed by atoms with van der Waals surface area (Å²) in [5.74, 6) is 0.358. The highest BCUT2D eigenvalue weighted by Gasteiger charge is 2.24. The minimum atomic E-state index is -0.0832. The van der Waals surface area contributed by atoms with Crippen LogP contribution >= 0.6 is 23.1 Å². The van der Waals surface area contributed by atoms with Gasteiger partial charge in [-0.3, -0.25) is 9.59 Å². The first-order valence-corrected chi connectivity index (χ1v) is 10.9. The first kappa shape index (κ1) is 19.9. The van der Waals surface area contributed by atoms with E-state index in [0.29, 0.717) is 18.2 Å². The second kappa shape index (κ2) is 8.44. The van der Waals surface area contributed by atoms with Gasteiger partial charge in [-0.2, -0.15) is 0 Å². The second-order valence-corrected chi connectivity index (χ2v) is 10.2. The standard InChI is InChI=1S/C20H25N3O2S2/c1-20(2,3)11-15(24)22-18-17(13-7-5-4-6-8-13)23-19(27-18)26-12-16(25)21-14-9-10-14/h4-8,14H,9-12H2,1-3H3,(H,21,25)(H,22,24). The number of aromatic nitrogens is 1. The van der Waals surface area contributed by atoms with Crippen LogP contribution in [0.25, 0.3) is 11.3 Å². The van der Waals surface area contributed by atoms with Crippen LogP contribution in [0.2, 0.25) is 0 Å². The maximum Gasteiger partial charge on any atom is 0.230 e. The summed E-state index contributed by atoms with van der Waals surface area (Å²) in [6.45, 7) is 6.12. The van der Waals surface area contributed by atoms with E-state index in [4.69, 9.17) is 0 Å². The Bertz CT molecular complexity index is 808. The van der Waals surface area contributed by atoms with E-state index in [2.05, 4.69) is 15.6 Å². The number of thiazole rings is 1. The maximum absolute atomic E-state index is 12.4. The average Bonchev–Trinajstić information content (AvgIpc) is 3.30. The van der Waals surface area contributed by atoms with Gasteiger partial charge in [0.05, 0.1) is 5.75 Å². The lowest BCUT2D eigenvalue weighted by molar-refractivity contribution is -0.119. The molecule has 1 saturated carbocycles. The number of carbonyl (C=O) groups excluding carboxylic acids is 2. The number of thioether (sulfide) groups is 1. The predicted octanol–water partition coefficient (Wildman–Crippen LogP) is 4.56. The Morgan fingerprint density at radius 2 is 1.89 bits per heavy atom. The minimum Gasteiger partial charge on any atom is -0.353 e. The van der Waals surface area contributed by atoms with Crippen LogP contribution in [0.1, 0.15) is 40.0 Å². The smallest absolute Gasteiger partial charge is 0.230 e. The molecule has 0 unspecified atom stereocenters. The van der Waals surface area contributed by atoms with E-state index in [9.17, 15) is 9.59 Å². The van der Waals surface area contributed by atoms with Crippen LogP contribution in [0.4, 0.5) is 5.00 Å². The first-order valence-electron chi connectivity index (χ1n) is 9.08. The molecular weight excluding hydrogens is 378 g/mol. The molecule has 1 aliphatic rings. The van der Waals surface area contributed by atoms with Crippen LogP contribution < -0.4 is 10.6 Å². The zero-order chi connectivity index (χ0) is 19.4. The van der Waals surface area contributed by atoms with Crippen molar-refractivity contribution in [1.29, 1.82) is 0 Å². The molecule has 1 aliphatic carbocycles. The van der Waals surface area contributed by atoms with Crippen molar-refractivity contribution in [2.45, 2.75) is 50.4 Å². The summed E-state index contributed by atoms with van der Waals surface area (Å²) in [6.07, 6.45) is 2.59. The number of rotatable bonds is 7. The molecule has 0 aliphatic heterocycles. The predicted molar refractivity (Wildman–Crippen MR) is 112 cm³/mol. The van der Waals surface area contributed by atoms with Crippen LogP contribution in [0, 0.1) is 5.41 Å². The Morgan fingerprint density at radius 1 is 1.19 bits per heavy atom. The normalized spacial score (nSPS) is 14.0. The van der Waals surface area contributed by atoms with Crippen molar-refractivity contribution in [3.8, 4) is 11.3 Å². The van der Waals surface area contributed by atoms with Crippen molar-refractivity contribution >= 4 is 39.9 Å². The number of nitrogens with zero attached hydrogens (tertiary/aromatic N) is 1. The quantitative estimate of drug-likeness (QED) is 0.665. The van der Waals surface area contributed by atoms with E-state index in [1.54, 1.807) is 0 Å². The van der Waals surface area contributed by atoms with Crippen LogP contribution in [0.5, 0.6) is 0 Å². The summed E-state index contributed by atoms with van der Waals surface area (Å²) in [5, 5.41) is 6.74. The Hall–Kier alpha value is -1.86. The first-order chi connectivity index (χ1) is 12.8. The molecular formula is C20H25N3O2S2. The molecule has 0 atom stereocenters. The number of hydrogen-bond donors (Lipinski definition) is 2. The van der Waals surface area contributed by atoms with Gasteiger partial charge in [0.2, 0.25) is 11.8 Å². The van der Waals surface area contributed by atoms with Gasteiger partial charge in [0.25, 0.3) is 0 Å². The number of nitrogens with one attached hydrogen (secondary N) is 2. The molecule has 0 bridgehead atoms. The average molecular weight is 404 g/mol. The molecule has 0 radical (unpaired) electrons. The zero-order valence-corrected chi connectivity index (χ0v) is 17.5. The van der Waals surface area contributed by atoms with Gasteiger partial charge in [-0.1, -0.05) is 74.2 Å². The largest absolute Gasteiger partial charge is 0.353 e. The summed E-state index contributed by atoms with van der Waals surface area (Å²) < 4.78 is 0.783. The van der Waals surface area contributed by atoms with Crippen LogP contribution in [0.15, 0.2) is 34.7 Å². The van der Waals surface area contributed by atoms with E-state index in [-0.39, 0.29) is 17.2 Å². The van der Waals surface area contributed by atoms with Gasteiger partial charge >= 0.3 is 0 Å². The molecule has 7 heteroatoms. The van der Waals surface area contributed by atoms with Gasteiger partial charge in [-0.05, 0) is 18.3 Å². The van der Waals surface area contributed by atoms with E-state index >= 15 is 0 Å². The van der Waals surface area contributed by atoms with Crippen molar-refractivity contribution < 1.29 is 9.59 Å². The number of anilines is 1. The molecule has 2 amide bonds. The van der Waals surface area contributed by atoms with Crippen LogP contribution in [-0.2, 0) is 9.59 Å². The molecule has 144 valence electrons. The minimum absolute atomic E-state index is 0.0219. The number of carbonyl (C=O) groups is 2. The third-order valence-electron chi connectivity index (χ3n) is 3.87. The van der Waals surface area contributed by atoms with Crippen molar-refractivity contribution in [2.75, 3.05) is 11.1 Å². The van der Waals surface area contributed by atoms with Crippen LogP contribution in [0.3, 0.4) is 0 Å². The summed E-state index contributed by atoms with van der Waals surface area (Å²) in [7, 11) is 0. The summed E-state index contributed by atoms with van der Waals surface area (Å²) >= 11 is 2.84. The van der Waals surface area contributed by atoms with E-state index in [1.165, 1.54) is 23.1 Å². The van der Waals surface area contributed by atoms with E-state index in [1.807, 2.05) is 51.1 Å². The highest BCUT2D eigenvalue weighted by Crippen LogP contribution is 2.38. The van der Waals surface area contributed by atoms with Crippen LogP contribution in [-0.4, -0.2) is 28.6 Å². The number of hydrogen-bond acceptors (Lipinski definition) is 5. The van der Waals surface area contributed by atoms with E-state index < -0.39 is 0 Å². The fourth-order valence-corrected chi connectivity index (χ4v) is 4.41. The Balaban J connectivity index is 1.74. The maximum atomic E-state index is 12.4. The monoisotopic (exact) mass is 403 g/mol. The summed E-state index contributed by atoms with van der Waals surface area (Å²) in [6, 6.07) is 10.2. The third kappa shape index (κ3) is 6.36. The molecule has 1 aromatic carbocycles. The lowest BCUT2D eigenvalue weighted by atomic mass is 9.92. The summed E-state index contributed by atoms with van der Waals surface area (Å²) in [5.41, 5.74) is 1.63. The SMILES string of the molecule is CC(C)(C)CC(=O)Nc1sc(SCC(=O)NC2CC2)nc1-c1ccccc1. The van der Waals surface area contributed by atoms with Gasteiger partial charge in [-0.15, -0.1) is 0 Å². The molecule has 3 rings (SSSR count). The van der Waals surface area contributed by atoms with Gasteiger partial charge in [0, 0.05) is 18.0 Å². The molecule has 0 saturated heterocycles. The molecule has 2 N–H and O–H groups in total.